The van der Waals surface area contributed by atoms with Gasteiger partial charge in [-0.05, 0) is 87.8 Å². The molecule has 0 unspecified atom stereocenters. The number of methoxy groups -OCH3 is 2. The molecular formula is C29H26BrCl2NO4. The van der Waals surface area contributed by atoms with Gasteiger partial charge in [0.25, 0.3) is 0 Å². The predicted molar refractivity (Wildman–Crippen MR) is 150 cm³/mol. The highest BCUT2D eigenvalue weighted by Crippen LogP contribution is 2.52. The van der Waals surface area contributed by atoms with E-state index in [0.717, 1.165) is 33.3 Å². The van der Waals surface area contributed by atoms with Gasteiger partial charge in [0.1, 0.15) is 6.61 Å². The standard InChI is InChI=1S/C29H26BrCl2NO4/c1-15-18(29(34)36-3)8-9-21-19-5-4-6-20(19)27(33-26(15)21)17-12-22(30)28(25(13-17)35-2)37-14-16-7-10-23(31)24(32)11-16/h4-5,7-13,19-20,27,33H,6,14H2,1-3H3/t19-,20-,27-/m1/s1. The molecule has 3 atom stereocenters. The van der Waals surface area contributed by atoms with Gasteiger partial charge < -0.3 is 19.5 Å². The van der Waals surface area contributed by atoms with Crippen molar-refractivity contribution >= 4 is 50.8 Å². The lowest BCUT2D eigenvalue weighted by molar-refractivity contribution is 0.0600. The molecule has 0 spiro atoms. The lowest BCUT2D eigenvalue weighted by atomic mass is 9.76. The summed E-state index contributed by atoms with van der Waals surface area (Å²) in [6.07, 6.45) is 5.47. The minimum Gasteiger partial charge on any atom is -0.493 e. The number of allylic oxidation sites excluding steroid dienone is 2. The second-order valence-corrected chi connectivity index (χ2v) is 10.9. The van der Waals surface area contributed by atoms with Gasteiger partial charge in [-0.25, -0.2) is 4.79 Å². The van der Waals surface area contributed by atoms with Crippen LogP contribution in [0, 0.1) is 12.8 Å². The number of benzene rings is 3. The summed E-state index contributed by atoms with van der Waals surface area (Å²) in [5.74, 6) is 1.48. The Hall–Kier alpha value is -2.67. The Kier molecular flexibility index (Phi) is 7.44. The van der Waals surface area contributed by atoms with Gasteiger partial charge in [0.05, 0.1) is 40.3 Å². The summed E-state index contributed by atoms with van der Waals surface area (Å²) in [7, 11) is 3.04. The van der Waals surface area contributed by atoms with Crippen molar-refractivity contribution in [3.63, 3.8) is 0 Å². The molecule has 8 heteroatoms. The van der Waals surface area contributed by atoms with Crippen molar-refractivity contribution < 1.29 is 19.0 Å². The van der Waals surface area contributed by atoms with Crippen molar-refractivity contribution in [3.8, 4) is 11.5 Å². The Morgan fingerprint density at radius 1 is 1.11 bits per heavy atom. The fraction of sp³-hybridized carbons (Fsp3) is 0.276. The molecule has 0 saturated heterocycles. The van der Waals surface area contributed by atoms with Crippen molar-refractivity contribution in [1.29, 1.82) is 0 Å². The number of halogens is 3. The molecule has 0 radical (unpaired) electrons. The zero-order valence-corrected chi connectivity index (χ0v) is 23.7. The van der Waals surface area contributed by atoms with Crippen LogP contribution in [0.3, 0.4) is 0 Å². The van der Waals surface area contributed by atoms with Gasteiger partial charge in [-0.15, -0.1) is 0 Å². The average molecular weight is 603 g/mol. The number of carbonyl (C=O) groups excluding carboxylic acids is 1. The zero-order valence-electron chi connectivity index (χ0n) is 20.6. The largest absolute Gasteiger partial charge is 0.493 e. The molecule has 5 nitrogen and oxygen atoms in total. The van der Waals surface area contributed by atoms with Crippen LogP contribution in [0.5, 0.6) is 11.5 Å². The summed E-state index contributed by atoms with van der Waals surface area (Å²) in [6, 6.07) is 13.4. The molecule has 0 fully saturated rings. The van der Waals surface area contributed by atoms with Gasteiger partial charge in [-0.2, -0.15) is 0 Å². The zero-order chi connectivity index (χ0) is 26.3. The van der Waals surface area contributed by atoms with E-state index in [9.17, 15) is 4.79 Å². The first-order chi connectivity index (χ1) is 17.8. The van der Waals surface area contributed by atoms with Gasteiger partial charge in [0.15, 0.2) is 11.5 Å². The molecule has 5 rings (SSSR count). The van der Waals surface area contributed by atoms with E-state index < -0.39 is 0 Å². The van der Waals surface area contributed by atoms with Crippen LogP contribution in [-0.2, 0) is 11.3 Å². The van der Waals surface area contributed by atoms with E-state index in [0.29, 0.717) is 39.6 Å². The molecule has 0 bridgehead atoms. The average Bonchev–Trinajstić information content (AvgIpc) is 3.39. The summed E-state index contributed by atoms with van der Waals surface area (Å²) in [4.78, 5) is 12.3. The summed E-state index contributed by atoms with van der Waals surface area (Å²) < 4.78 is 17.7. The number of ether oxygens (including phenoxy) is 3. The molecule has 0 aromatic heterocycles. The predicted octanol–water partition coefficient (Wildman–Crippen LogP) is 8.27. The van der Waals surface area contributed by atoms with Crippen molar-refractivity contribution in [1.82, 2.24) is 0 Å². The normalized spacial score (nSPS) is 19.6. The molecule has 0 amide bonds. The first-order valence-corrected chi connectivity index (χ1v) is 13.5. The number of hydrogen-bond donors (Lipinski definition) is 1. The Morgan fingerprint density at radius 3 is 2.65 bits per heavy atom. The maximum Gasteiger partial charge on any atom is 0.338 e. The second kappa shape index (κ2) is 10.6. The maximum absolute atomic E-state index is 12.3. The highest BCUT2D eigenvalue weighted by atomic mass is 79.9. The number of anilines is 1. The molecule has 3 aromatic carbocycles. The molecule has 1 heterocycles. The number of hydrogen-bond acceptors (Lipinski definition) is 5. The Balaban J connectivity index is 1.48. The van der Waals surface area contributed by atoms with Gasteiger partial charge in [0, 0.05) is 11.6 Å². The number of nitrogens with one attached hydrogen (secondary N) is 1. The van der Waals surface area contributed by atoms with E-state index in [4.69, 9.17) is 37.4 Å². The SMILES string of the molecule is COC(=O)c1ccc2c(c1C)N[C@H](c1cc(Br)c(OCc3ccc(Cl)c(Cl)c3)c(OC)c1)[C@@H]1CC=C[C@@H]21. The van der Waals surface area contributed by atoms with E-state index >= 15 is 0 Å². The molecule has 3 aromatic rings. The van der Waals surface area contributed by atoms with Crippen LogP contribution in [0.25, 0.3) is 0 Å². The van der Waals surface area contributed by atoms with Crippen molar-refractivity contribution in [2.75, 3.05) is 19.5 Å². The highest BCUT2D eigenvalue weighted by Gasteiger charge is 2.39. The van der Waals surface area contributed by atoms with Crippen LogP contribution in [0.15, 0.2) is 59.1 Å². The molecule has 0 saturated carbocycles. The molecule has 2 aliphatic rings. The minimum atomic E-state index is -0.337. The highest BCUT2D eigenvalue weighted by molar-refractivity contribution is 9.10. The summed E-state index contributed by atoms with van der Waals surface area (Å²) >= 11 is 15.9. The monoisotopic (exact) mass is 601 g/mol. The number of carbonyl (C=O) groups is 1. The van der Waals surface area contributed by atoms with Crippen molar-refractivity contribution in [2.45, 2.75) is 31.9 Å². The Morgan fingerprint density at radius 2 is 1.92 bits per heavy atom. The van der Waals surface area contributed by atoms with Crippen LogP contribution in [0.1, 0.15) is 51.0 Å². The van der Waals surface area contributed by atoms with Gasteiger partial charge in [-0.3, -0.25) is 0 Å². The molecule has 1 N–H and O–H groups in total. The Bertz CT molecular complexity index is 1410. The smallest absolute Gasteiger partial charge is 0.338 e. The lowest BCUT2D eigenvalue weighted by Gasteiger charge is -2.39. The second-order valence-electron chi connectivity index (χ2n) is 9.24. The maximum atomic E-state index is 12.3. The topological polar surface area (TPSA) is 56.8 Å². The summed E-state index contributed by atoms with van der Waals surface area (Å²) in [5, 5.41) is 4.74. The van der Waals surface area contributed by atoms with Gasteiger partial charge >= 0.3 is 5.97 Å². The molecule has 192 valence electrons. The van der Waals surface area contributed by atoms with Crippen LogP contribution in [0.2, 0.25) is 10.0 Å². The van der Waals surface area contributed by atoms with Gasteiger partial charge in [0.2, 0.25) is 0 Å². The molecule has 1 aliphatic heterocycles. The first-order valence-electron chi connectivity index (χ1n) is 11.9. The fourth-order valence-corrected chi connectivity index (χ4v) is 6.21. The Labute approximate surface area is 234 Å². The van der Waals surface area contributed by atoms with Crippen LogP contribution in [0.4, 0.5) is 5.69 Å². The molecule has 37 heavy (non-hydrogen) atoms. The van der Waals surface area contributed by atoms with Crippen molar-refractivity contribution in [2.24, 2.45) is 5.92 Å². The fourth-order valence-electron chi connectivity index (χ4n) is 5.32. The quantitative estimate of drug-likeness (QED) is 0.227. The van der Waals surface area contributed by atoms with E-state index in [2.05, 4.69) is 39.5 Å². The van der Waals surface area contributed by atoms with E-state index in [1.807, 2.05) is 31.2 Å². The third kappa shape index (κ3) is 4.83. The first kappa shape index (κ1) is 26.0. The third-order valence-corrected chi connectivity index (χ3v) is 8.51. The van der Waals surface area contributed by atoms with E-state index in [1.165, 1.54) is 12.7 Å². The summed E-state index contributed by atoms with van der Waals surface area (Å²) in [5.41, 5.74) is 5.61. The molecular weight excluding hydrogens is 577 g/mol. The number of rotatable bonds is 6. The van der Waals surface area contributed by atoms with E-state index in [1.54, 1.807) is 19.2 Å². The van der Waals surface area contributed by atoms with Crippen LogP contribution >= 0.6 is 39.1 Å². The van der Waals surface area contributed by atoms with E-state index in [-0.39, 0.29) is 17.9 Å². The molecule has 1 aliphatic carbocycles. The summed E-state index contributed by atoms with van der Waals surface area (Å²) in [6.45, 7) is 2.27. The minimum absolute atomic E-state index is 0.00780. The lowest BCUT2D eigenvalue weighted by Crippen LogP contribution is -2.30. The van der Waals surface area contributed by atoms with Gasteiger partial charge in [-0.1, -0.05) is 47.5 Å². The van der Waals surface area contributed by atoms with Crippen LogP contribution < -0.4 is 14.8 Å². The third-order valence-electron chi connectivity index (χ3n) is 7.18. The van der Waals surface area contributed by atoms with Crippen molar-refractivity contribution in [3.05, 3.63) is 97.0 Å². The van der Waals surface area contributed by atoms with Crippen LogP contribution in [-0.4, -0.2) is 20.2 Å². The number of esters is 1. The number of fused-ring (bicyclic) bond motifs is 3.